The summed E-state index contributed by atoms with van der Waals surface area (Å²) in [5.41, 5.74) is 15.3. The van der Waals surface area contributed by atoms with Gasteiger partial charge in [-0.25, -0.2) is 0 Å². The zero-order chi connectivity index (χ0) is 51.6. The van der Waals surface area contributed by atoms with Crippen LogP contribution >= 0.6 is 0 Å². The molecule has 9 aromatic rings. The van der Waals surface area contributed by atoms with Crippen LogP contribution in [0.3, 0.4) is 0 Å². The van der Waals surface area contributed by atoms with Gasteiger partial charge in [-0.15, -0.1) is 0 Å². The van der Waals surface area contributed by atoms with Gasteiger partial charge in [0.15, 0.2) is 0 Å². The predicted molar refractivity (Wildman–Crippen MR) is 318 cm³/mol. The third-order valence-corrected chi connectivity index (χ3v) is 12.5. The molecule has 2 heterocycles. The van der Waals surface area contributed by atoms with E-state index < -0.39 is 0 Å². The number of nitrogens with zero attached hydrogens (tertiary/aromatic N) is 2. The van der Waals surface area contributed by atoms with Gasteiger partial charge in [-0.3, -0.25) is 9.97 Å². The van der Waals surface area contributed by atoms with Crippen LogP contribution in [0.1, 0.15) is 128 Å². The number of hydrogen-bond acceptors (Lipinski definition) is 2. The molecular formula is C69H90N2. The lowest BCUT2D eigenvalue weighted by atomic mass is 9.84. The van der Waals surface area contributed by atoms with Gasteiger partial charge in [-0.05, 0) is 173 Å². The molecule has 0 spiro atoms. The van der Waals surface area contributed by atoms with Crippen molar-refractivity contribution in [2.75, 3.05) is 0 Å². The summed E-state index contributed by atoms with van der Waals surface area (Å²) in [6.45, 7) is 33.8. The summed E-state index contributed by atoms with van der Waals surface area (Å²) < 4.78 is 0. The molecule has 0 amide bonds. The van der Waals surface area contributed by atoms with Crippen LogP contribution in [0.2, 0.25) is 0 Å². The molecule has 1 saturated carbocycles. The maximum absolute atomic E-state index is 4.08. The average molecular weight is 947 g/mol. The van der Waals surface area contributed by atoms with Gasteiger partial charge < -0.3 is 0 Å². The lowest BCUT2D eigenvalue weighted by Gasteiger charge is -2.22. The summed E-state index contributed by atoms with van der Waals surface area (Å²) in [4.78, 5) is 8.16. The third-order valence-electron chi connectivity index (χ3n) is 12.5. The van der Waals surface area contributed by atoms with E-state index >= 15 is 0 Å². The number of hydrogen-bond donors (Lipinski definition) is 0. The highest BCUT2D eigenvalue weighted by Crippen LogP contribution is 2.27. The molecule has 0 bridgehead atoms. The Bertz CT molecular complexity index is 2530. The van der Waals surface area contributed by atoms with Crippen molar-refractivity contribution in [2.45, 2.75) is 144 Å². The first-order chi connectivity index (χ1) is 33.5. The fraction of sp³-hybridized carbons (Fsp3) is 0.333. The summed E-state index contributed by atoms with van der Waals surface area (Å²) in [7, 11) is 0. The first kappa shape index (κ1) is 60.7. The lowest BCUT2D eigenvalue weighted by molar-refractivity contribution is 0.308. The minimum atomic E-state index is 0. The van der Waals surface area contributed by atoms with Gasteiger partial charge in [0.2, 0.25) is 0 Å². The second kappa shape index (κ2) is 32.5. The van der Waals surface area contributed by atoms with Gasteiger partial charge in [0.1, 0.15) is 0 Å². The fourth-order valence-corrected chi connectivity index (χ4v) is 7.86. The molecule has 1 aliphatic carbocycles. The number of pyridine rings is 2. The Kier molecular flexibility index (Phi) is 27.8. The molecule has 0 N–H and O–H groups in total. The fourth-order valence-electron chi connectivity index (χ4n) is 7.86. The van der Waals surface area contributed by atoms with E-state index in [9.17, 15) is 0 Å². The quantitative estimate of drug-likeness (QED) is 0.151. The van der Waals surface area contributed by atoms with Crippen LogP contribution in [0.25, 0.3) is 32.3 Å². The molecular weight excluding hydrogens is 857 g/mol. The van der Waals surface area contributed by atoms with Crippen molar-refractivity contribution in [3.8, 4) is 0 Å². The van der Waals surface area contributed by atoms with Crippen LogP contribution in [0, 0.1) is 94.9 Å². The standard InChI is InChI=1S/3C12H12.C8H16.C8H10.2C7H9N.C2H6.CH4/c1-9-3-5-12-8-10(2)4-6-11(12)7-9;1-9-5-3-8-12-10(2)6-4-7-11(9)12;1-9-7-8-10(2)12-6-4-3-5-11(9)12;2*1-7-3-5-8(2)6-4-7;2*1-6-3-4-7(2)8-5-6;1-2;/h3*3-8H,1-2H3;7-8H,3-6H2,1-2H3;3-6H,1-2H3;2*3-5H,1-2H3;1-2H3;1H4. The highest BCUT2D eigenvalue weighted by Gasteiger charge is 2.13. The number of aromatic nitrogens is 2. The number of aryl methyl sites for hydroxylation is 12. The van der Waals surface area contributed by atoms with E-state index in [-0.39, 0.29) is 7.43 Å². The molecule has 7 aromatic carbocycles. The van der Waals surface area contributed by atoms with E-state index in [0.717, 1.165) is 23.2 Å². The molecule has 0 aliphatic heterocycles. The van der Waals surface area contributed by atoms with Gasteiger partial charge in [0.05, 0.1) is 0 Å². The van der Waals surface area contributed by atoms with Crippen molar-refractivity contribution in [2.24, 2.45) is 11.8 Å². The van der Waals surface area contributed by atoms with E-state index in [1.54, 1.807) is 0 Å². The summed E-state index contributed by atoms with van der Waals surface area (Å²) in [5, 5.41) is 8.16. The second-order valence-electron chi connectivity index (χ2n) is 19.3. The highest BCUT2D eigenvalue weighted by molar-refractivity contribution is 5.89. The molecule has 2 heteroatoms. The van der Waals surface area contributed by atoms with E-state index in [1.807, 2.05) is 66.1 Å². The van der Waals surface area contributed by atoms with Crippen molar-refractivity contribution in [3.05, 3.63) is 237 Å². The molecule has 376 valence electrons. The molecule has 0 radical (unpaired) electrons. The maximum Gasteiger partial charge on any atom is 0.0372 e. The van der Waals surface area contributed by atoms with Gasteiger partial charge in [0.25, 0.3) is 0 Å². The Labute approximate surface area is 433 Å². The van der Waals surface area contributed by atoms with E-state index in [2.05, 4.69) is 225 Å². The molecule has 2 aromatic heterocycles. The van der Waals surface area contributed by atoms with E-state index in [1.165, 1.54) is 114 Å². The van der Waals surface area contributed by atoms with Crippen LogP contribution in [0.15, 0.2) is 170 Å². The minimum absolute atomic E-state index is 0. The Morgan fingerprint density at radius 1 is 0.310 bits per heavy atom. The molecule has 1 aliphatic rings. The summed E-state index contributed by atoms with van der Waals surface area (Å²) >= 11 is 0. The lowest BCUT2D eigenvalue weighted by Crippen LogP contribution is -2.08. The van der Waals surface area contributed by atoms with Gasteiger partial charge in [0, 0.05) is 23.8 Å². The first-order valence-electron chi connectivity index (χ1n) is 25.7. The molecule has 0 unspecified atom stereocenters. The average Bonchev–Trinajstić information content (AvgIpc) is 3.36. The number of fused-ring (bicyclic) bond motifs is 3. The highest BCUT2D eigenvalue weighted by atomic mass is 14.7. The Balaban J connectivity index is 0.000000284. The van der Waals surface area contributed by atoms with Crippen molar-refractivity contribution in [1.82, 2.24) is 9.97 Å². The molecule has 2 nitrogen and oxygen atoms in total. The van der Waals surface area contributed by atoms with Crippen LogP contribution in [-0.2, 0) is 0 Å². The predicted octanol–water partition coefficient (Wildman–Crippen LogP) is 20.6. The van der Waals surface area contributed by atoms with Gasteiger partial charge in [-0.1, -0.05) is 229 Å². The van der Waals surface area contributed by atoms with Crippen LogP contribution in [-0.4, -0.2) is 9.97 Å². The Morgan fingerprint density at radius 2 is 0.592 bits per heavy atom. The van der Waals surface area contributed by atoms with Gasteiger partial charge in [-0.2, -0.15) is 0 Å². The van der Waals surface area contributed by atoms with Gasteiger partial charge >= 0.3 is 0 Å². The summed E-state index contributed by atoms with van der Waals surface area (Å²) in [5.74, 6) is 2.04. The van der Waals surface area contributed by atoms with Crippen molar-refractivity contribution in [1.29, 1.82) is 0 Å². The number of benzene rings is 7. The maximum atomic E-state index is 4.08. The summed E-state index contributed by atoms with van der Waals surface area (Å²) in [6.07, 6.45) is 9.63. The van der Waals surface area contributed by atoms with E-state index in [0.29, 0.717) is 0 Å². The van der Waals surface area contributed by atoms with Crippen LogP contribution < -0.4 is 0 Å². The van der Waals surface area contributed by atoms with E-state index in [4.69, 9.17) is 0 Å². The van der Waals surface area contributed by atoms with Crippen LogP contribution in [0.5, 0.6) is 0 Å². The minimum Gasteiger partial charge on any atom is -0.261 e. The largest absolute Gasteiger partial charge is 0.261 e. The number of rotatable bonds is 0. The topological polar surface area (TPSA) is 25.8 Å². The molecule has 1 fully saturated rings. The molecule has 71 heavy (non-hydrogen) atoms. The summed E-state index contributed by atoms with van der Waals surface area (Å²) in [6, 6.07) is 55.5. The van der Waals surface area contributed by atoms with Crippen molar-refractivity contribution >= 4 is 32.3 Å². The Morgan fingerprint density at radius 3 is 0.887 bits per heavy atom. The van der Waals surface area contributed by atoms with Crippen LogP contribution in [0.4, 0.5) is 0 Å². The third kappa shape index (κ3) is 22.5. The van der Waals surface area contributed by atoms with Crippen molar-refractivity contribution < 1.29 is 0 Å². The smallest absolute Gasteiger partial charge is 0.0372 e. The SMILES string of the molecule is C.CC.CC1CCC(C)CC1.Cc1ccc(C)c2ccccc12.Cc1ccc(C)cc1.Cc1ccc(C)nc1.Cc1ccc(C)nc1.Cc1ccc2cc(C)ccc2c1.Cc1cccc2c(C)cccc12. The first-order valence-corrected chi connectivity index (χ1v) is 25.7. The monoisotopic (exact) mass is 947 g/mol. The Hall–Kier alpha value is -6.38. The zero-order valence-corrected chi connectivity index (χ0v) is 46.0. The second-order valence-corrected chi connectivity index (χ2v) is 19.3. The van der Waals surface area contributed by atoms with Crippen molar-refractivity contribution in [3.63, 3.8) is 0 Å². The molecule has 0 saturated heterocycles. The molecule has 10 rings (SSSR count). The normalized spacial score (nSPS) is 13.0. The zero-order valence-electron chi connectivity index (χ0n) is 46.0. The molecule has 0 atom stereocenters.